The van der Waals surface area contributed by atoms with Gasteiger partial charge < -0.3 is 20.1 Å². The van der Waals surface area contributed by atoms with Crippen molar-refractivity contribution in [2.45, 2.75) is 25.9 Å². The fraction of sp³-hybridized carbons (Fsp3) is 0.400. The second-order valence-electron chi connectivity index (χ2n) is 6.57. The first kappa shape index (κ1) is 16.8. The minimum atomic E-state index is 0.398. The van der Waals surface area contributed by atoms with Crippen molar-refractivity contribution in [2.75, 3.05) is 27.3 Å². The van der Waals surface area contributed by atoms with E-state index >= 15 is 0 Å². The van der Waals surface area contributed by atoms with Crippen LogP contribution in [0.5, 0.6) is 11.5 Å². The van der Waals surface area contributed by atoms with E-state index in [9.17, 15) is 0 Å². The molecule has 1 heterocycles. The smallest absolute Gasteiger partial charge is 0.163 e. The Bertz CT molecular complexity index is 698. The number of benzene rings is 2. The summed E-state index contributed by atoms with van der Waals surface area (Å²) in [6.07, 6.45) is 1.06. The molecule has 4 heteroatoms. The standard InChI is InChI=1S/C20H26N2O2/c1-14-4-6-15(7-5-14)13-22-9-8-16-10-19(23-2)20(24-3)11-17(16)18(22)12-21/h4-7,10-11,18H,8-9,12-13,21H2,1-3H3/p+2/t18-/m0/s1. The van der Waals surface area contributed by atoms with Gasteiger partial charge in [-0.25, -0.2) is 0 Å². The first-order chi connectivity index (χ1) is 11.7. The highest BCUT2D eigenvalue weighted by Crippen LogP contribution is 2.33. The number of ether oxygens (including phenoxy) is 2. The van der Waals surface area contributed by atoms with E-state index in [4.69, 9.17) is 9.47 Å². The molecule has 2 aromatic rings. The molecule has 0 saturated carbocycles. The third-order valence-electron chi connectivity index (χ3n) is 5.07. The minimum absolute atomic E-state index is 0.398. The van der Waals surface area contributed by atoms with Crippen LogP contribution in [-0.2, 0) is 13.0 Å². The van der Waals surface area contributed by atoms with Gasteiger partial charge in [0.25, 0.3) is 0 Å². The molecule has 1 aliphatic rings. The van der Waals surface area contributed by atoms with Crippen LogP contribution >= 0.6 is 0 Å². The van der Waals surface area contributed by atoms with Crippen molar-refractivity contribution < 1.29 is 20.1 Å². The second kappa shape index (κ2) is 7.24. The predicted molar refractivity (Wildman–Crippen MR) is 94.5 cm³/mol. The Morgan fingerprint density at radius 3 is 2.38 bits per heavy atom. The lowest BCUT2D eigenvalue weighted by Gasteiger charge is -2.33. The summed E-state index contributed by atoms with van der Waals surface area (Å²) in [6.45, 7) is 5.17. The molecule has 0 fully saturated rings. The molecule has 1 aliphatic heterocycles. The molecule has 2 atom stereocenters. The highest BCUT2D eigenvalue weighted by molar-refractivity contribution is 5.48. The van der Waals surface area contributed by atoms with Crippen LogP contribution in [-0.4, -0.2) is 27.3 Å². The van der Waals surface area contributed by atoms with Crippen LogP contribution in [0.25, 0.3) is 0 Å². The van der Waals surface area contributed by atoms with Crippen LogP contribution in [0.1, 0.15) is 28.3 Å². The van der Waals surface area contributed by atoms with Crippen LogP contribution in [0, 0.1) is 6.92 Å². The lowest BCUT2D eigenvalue weighted by atomic mass is 9.91. The lowest BCUT2D eigenvalue weighted by Crippen LogP contribution is -3.13. The number of fused-ring (bicyclic) bond motifs is 1. The van der Waals surface area contributed by atoms with E-state index in [1.165, 1.54) is 22.3 Å². The molecule has 3 rings (SSSR count). The predicted octanol–water partition coefficient (Wildman–Crippen LogP) is 0.936. The molecule has 2 aromatic carbocycles. The molecule has 0 spiro atoms. The minimum Gasteiger partial charge on any atom is -0.493 e. The van der Waals surface area contributed by atoms with Gasteiger partial charge in [0, 0.05) is 17.5 Å². The molecule has 4 nitrogen and oxygen atoms in total. The summed E-state index contributed by atoms with van der Waals surface area (Å²) in [7, 11) is 3.39. The summed E-state index contributed by atoms with van der Waals surface area (Å²) in [5.74, 6) is 1.63. The van der Waals surface area contributed by atoms with Crippen molar-refractivity contribution in [1.29, 1.82) is 0 Å². The maximum Gasteiger partial charge on any atom is 0.163 e. The van der Waals surface area contributed by atoms with Gasteiger partial charge in [-0.2, -0.15) is 0 Å². The molecular formula is C20H28N2O2+2. The monoisotopic (exact) mass is 328 g/mol. The molecule has 24 heavy (non-hydrogen) atoms. The maximum atomic E-state index is 5.51. The third kappa shape index (κ3) is 3.25. The molecule has 0 amide bonds. The van der Waals surface area contributed by atoms with Crippen molar-refractivity contribution >= 4 is 0 Å². The van der Waals surface area contributed by atoms with Gasteiger partial charge in [-0.15, -0.1) is 0 Å². The highest BCUT2D eigenvalue weighted by Gasteiger charge is 2.32. The van der Waals surface area contributed by atoms with Crippen LogP contribution < -0.4 is 20.1 Å². The van der Waals surface area contributed by atoms with Gasteiger partial charge in [-0.05, 0) is 24.6 Å². The van der Waals surface area contributed by atoms with Gasteiger partial charge in [0.15, 0.2) is 17.5 Å². The largest absolute Gasteiger partial charge is 0.493 e. The first-order valence-corrected chi connectivity index (χ1v) is 8.60. The number of methoxy groups -OCH3 is 2. The summed E-state index contributed by atoms with van der Waals surface area (Å²) in [5.41, 5.74) is 9.64. The van der Waals surface area contributed by atoms with Gasteiger partial charge >= 0.3 is 0 Å². The van der Waals surface area contributed by atoms with E-state index < -0.39 is 0 Å². The first-order valence-electron chi connectivity index (χ1n) is 8.60. The van der Waals surface area contributed by atoms with Crippen LogP contribution in [0.3, 0.4) is 0 Å². The normalized spacial score (nSPS) is 19.7. The van der Waals surface area contributed by atoms with E-state index in [2.05, 4.69) is 49.1 Å². The summed E-state index contributed by atoms with van der Waals surface area (Å²) in [6, 6.07) is 13.6. The fourth-order valence-electron chi connectivity index (χ4n) is 3.71. The van der Waals surface area contributed by atoms with Crippen molar-refractivity contribution in [3.05, 3.63) is 58.7 Å². The zero-order valence-electron chi connectivity index (χ0n) is 14.9. The Kier molecular flexibility index (Phi) is 5.07. The molecular weight excluding hydrogens is 300 g/mol. The number of hydrogen-bond acceptors (Lipinski definition) is 2. The summed E-state index contributed by atoms with van der Waals surface area (Å²) < 4.78 is 11.0. The van der Waals surface area contributed by atoms with Gasteiger partial charge in [0.05, 0.1) is 20.8 Å². The highest BCUT2D eigenvalue weighted by atomic mass is 16.5. The molecule has 4 N–H and O–H groups in total. The Labute approximate surface area is 144 Å². The van der Waals surface area contributed by atoms with E-state index in [-0.39, 0.29) is 0 Å². The topological polar surface area (TPSA) is 50.5 Å². The van der Waals surface area contributed by atoms with Crippen molar-refractivity contribution in [2.24, 2.45) is 0 Å². The molecule has 0 radical (unpaired) electrons. The summed E-state index contributed by atoms with van der Waals surface area (Å²) in [5, 5.41) is 0. The molecule has 0 aromatic heterocycles. The average Bonchev–Trinajstić information content (AvgIpc) is 2.62. The van der Waals surface area contributed by atoms with Crippen LogP contribution in [0.4, 0.5) is 0 Å². The molecule has 0 saturated heterocycles. The average molecular weight is 328 g/mol. The number of nitrogens with one attached hydrogen (secondary N) is 1. The molecule has 128 valence electrons. The summed E-state index contributed by atoms with van der Waals surface area (Å²) in [4.78, 5) is 1.58. The molecule has 0 bridgehead atoms. The number of quaternary nitrogens is 2. The van der Waals surface area contributed by atoms with Crippen LogP contribution in [0.2, 0.25) is 0 Å². The van der Waals surface area contributed by atoms with Crippen molar-refractivity contribution in [3.63, 3.8) is 0 Å². The van der Waals surface area contributed by atoms with E-state index in [1.54, 1.807) is 19.1 Å². The molecule has 1 unspecified atom stereocenters. The third-order valence-corrected chi connectivity index (χ3v) is 5.07. The van der Waals surface area contributed by atoms with Gasteiger partial charge in [-0.1, -0.05) is 29.8 Å². The zero-order chi connectivity index (χ0) is 17.1. The second-order valence-corrected chi connectivity index (χ2v) is 6.57. The maximum absolute atomic E-state index is 5.51. The Morgan fingerprint density at radius 2 is 1.75 bits per heavy atom. The quantitative estimate of drug-likeness (QED) is 0.858. The SMILES string of the molecule is COc1cc2c(cc1OC)[C@H](C[NH3+])[NH+](Cc1ccc(C)cc1)CC2. The number of rotatable bonds is 5. The lowest BCUT2D eigenvalue weighted by molar-refractivity contribution is -0.952. The van der Waals surface area contributed by atoms with E-state index in [1.807, 2.05) is 0 Å². The fourth-order valence-corrected chi connectivity index (χ4v) is 3.71. The van der Waals surface area contributed by atoms with Gasteiger partial charge in [0.1, 0.15) is 13.1 Å². The Morgan fingerprint density at radius 1 is 1.08 bits per heavy atom. The Balaban J connectivity index is 1.89. The van der Waals surface area contributed by atoms with Crippen molar-refractivity contribution in [3.8, 4) is 11.5 Å². The van der Waals surface area contributed by atoms with Crippen LogP contribution in [0.15, 0.2) is 36.4 Å². The van der Waals surface area contributed by atoms with Gasteiger partial charge in [0.2, 0.25) is 0 Å². The summed E-state index contributed by atoms with van der Waals surface area (Å²) >= 11 is 0. The Hall–Kier alpha value is -2.04. The van der Waals surface area contributed by atoms with E-state index in [0.717, 1.165) is 37.6 Å². The zero-order valence-corrected chi connectivity index (χ0v) is 14.9. The van der Waals surface area contributed by atoms with Crippen molar-refractivity contribution in [1.82, 2.24) is 0 Å². The van der Waals surface area contributed by atoms with Gasteiger partial charge in [-0.3, -0.25) is 0 Å². The number of hydrogen-bond donors (Lipinski definition) is 2. The molecule has 0 aliphatic carbocycles. The number of aryl methyl sites for hydroxylation is 1. The van der Waals surface area contributed by atoms with E-state index in [0.29, 0.717) is 6.04 Å².